The first-order chi connectivity index (χ1) is 11.4. The van der Waals surface area contributed by atoms with Gasteiger partial charge in [-0.15, -0.1) is 0 Å². The summed E-state index contributed by atoms with van der Waals surface area (Å²) in [6, 6.07) is 22.8. The van der Waals surface area contributed by atoms with Crippen molar-refractivity contribution in [3.8, 4) is 11.1 Å². The standard InChI is InChI=1S/C19H14N4/c1-2-9-16-14(7-1)15-8-3-4-10-17(15)22-13-23(21-19(16)22)18-11-5-6-12-20-18/h1-12H,13H2. The minimum absolute atomic E-state index is 0.678. The molecule has 4 nitrogen and oxygen atoms in total. The SMILES string of the molecule is c1ccc(N2CN3C(=N2)c2ccccc2-c2ccccc23)nc1. The van der Waals surface area contributed by atoms with Crippen LogP contribution in [0.5, 0.6) is 0 Å². The molecule has 0 N–H and O–H groups in total. The molecular weight excluding hydrogens is 284 g/mol. The van der Waals surface area contributed by atoms with Gasteiger partial charge in [0, 0.05) is 17.3 Å². The molecule has 1 aromatic heterocycles. The van der Waals surface area contributed by atoms with Gasteiger partial charge in [-0.05, 0) is 23.8 Å². The summed E-state index contributed by atoms with van der Waals surface area (Å²) in [5, 5.41) is 6.79. The summed E-state index contributed by atoms with van der Waals surface area (Å²) in [6.07, 6.45) is 1.80. The molecule has 0 unspecified atom stereocenters. The summed E-state index contributed by atoms with van der Waals surface area (Å²) in [5.74, 6) is 1.86. The Hall–Kier alpha value is -3.14. The average molecular weight is 298 g/mol. The van der Waals surface area contributed by atoms with Crippen LogP contribution in [0, 0.1) is 0 Å². The van der Waals surface area contributed by atoms with Crippen LogP contribution < -0.4 is 9.91 Å². The summed E-state index contributed by atoms with van der Waals surface area (Å²) in [7, 11) is 0. The Labute approximate surface area is 134 Å². The number of nitrogens with zero attached hydrogens (tertiary/aromatic N) is 4. The fourth-order valence-electron chi connectivity index (χ4n) is 3.27. The van der Waals surface area contributed by atoms with Crippen LogP contribution in [0.4, 0.5) is 11.5 Å². The minimum Gasteiger partial charge on any atom is -0.304 e. The number of benzene rings is 2. The number of hydrogen-bond acceptors (Lipinski definition) is 4. The van der Waals surface area contributed by atoms with Gasteiger partial charge in [0.25, 0.3) is 0 Å². The summed E-state index contributed by atoms with van der Waals surface area (Å²) in [6.45, 7) is 0.678. The van der Waals surface area contributed by atoms with E-state index < -0.39 is 0 Å². The Balaban J connectivity index is 1.71. The first-order valence-electron chi connectivity index (χ1n) is 7.65. The zero-order chi connectivity index (χ0) is 15.2. The highest BCUT2D eigenvalue weighted by Crippen LogP contribution is 2.41. The third-order valence-corrected chi connectivity index (χ3v) is 4.31. The molecule has 0 aliphatic carbocycles. The van der Waals surface area contributed by atoms with E-state index in [0.717, 1.165) is 11.7 Å². The van der Waals surface area contributed by atoms with Crippen molar-refractivity contribution < 1.29 is 0 Å². The Kier molecular flexibility index (Phi) is 2.52. The molecule has 2 aliphatic heterocycles. The molecule has 2 aliphatic rings. The third-order valence-electron chi connectivity index (χ3n) is 4.31. The van der Waals surface area contributed by atoms with Crippen LogP contribution in [0.2, 0.25) is 0 Å². The summed E-state index contributed by atoms with van der Waals surface area (Å²) in [5.41, 5.74) is 4.86. The highest BCUT2D eigenvalue weighted by atomic mass is 15.6. The number of anilines is 2. The second-order valence-corrected chi connectivity index (χ2v) is 5.64. The van der Waals surface area contributed by atoms with Crippen LogP contribution >= 0.6 is 0 Å². The van der Waals surface area contributed by atoms with Gasteiger partial charge in [0.15, 0.2) is 11.7 Å². The van der Waals surface area contributed by atoms with E-state index in [-0.39, 0.29) is 0 Å². The van der Waals surface area contributed by atoms with E-state index in [9.17, 15) is 0 Å². The lowest BCUT2D eigenvalue weighted by Crippen LogP contribution is -2.34. The van der Waals surface area contributed by atoms with Gasteiger partial charge in [0.2, 0.25) is 0 Å². The van der Waals surface area contributed by atoms with Crippen molar-refractivity contribution >= 4 is 17.3 Å². The first-order valence-corrected chi connectivity index (χ1v) is 7.65. The van der Waals surface area contributed by atoms with Crippen molar-refractivity contribution in [2.24, 2.45) is 5.10 Å². The second kappa shape index (κ2) is 4.68. The molecule has 0 spiro atoms. The molecule has 0 amide bonds. The lowest BCUT2D eigenvalue weighted by atomic mass is 9.93. The summed E-state index contributed by atoms with van der Waals surface area (Å²) < 4.78 is 0. The fraction of sp³-hybridized carbons (Fsp3) is 0.0526. The van der Waals surface area contributed by atoms with Crippen LogP contribution in [-0.2, 0) is 0 Å². The molecule has 0 saturated heterocycles. The van der Waals surface area contributed by atoms with Crippen molar-refractivity contribution in [3.05, 3.63) is 78.5 Å². The van der Waals surface area contributed by atoms with E-state index in [2.05, 4.69) is 58.4 Å². The highest BCUT2D eigenvalue weighted by molar-refractivity contribution is 6.20. The lowest BCUT2D eigenvalue weighted by Gasteiger charge is -2.29. The quantitative estimate of drug-likeness (QED) is 0.686. The van der Waals surface area contributed by atoms with E-state index in [1.54, 1.807) is 6.20 Å². The van der Waals surface area contributed by atoms with Crippen molar-refractivity contribution in [1.29, 1.82) is 0 Å². The monoisotopic (exact) mass is 298 g/mol. The fourth-order valence-corrected chi connectivity index (χ4v) is 3.27. The number of aromatic nitrogens is 1. The maximum atomic E-state index is 4.83. The zero-order valence-electron chi connectivity index (χ0n) is 12.4. The number of amidine groups is 1. The maximum Gasteiger partial charge on any atom is 0.163 e. The predicted molar refractivity (Wildman–Crippen MR) is 92.5 cm³/mol. The zero-order valence-corrected chi connectivity index (χ0v) is 12.4. The number of rotatable bonds is 1. The Morgan fingerprint density at radius 3 is 2.30 bits per heavy atom. The number of pyridine rings is 1. The molecular formula is C19H14N4. The molecule has 110 valence electrons. The molecule has 0 fully saturated rings. The predicted octanol–water partition coefficient (Wildman–Crippen LogP) is 3.71. The number of hydrazone groups is 1. The van der Waals surface area contributed by atoms with Crippen LogP contribution in [0.25, 0.3) is 11.1 Å². The Morgan fingerprint density at radius 2 is 1.48 bits per heavy atom. The highest BCUT2D eigenvalue weighted by Gasteiger charge is 2.33. The number of fused-ring (bicyclic) bond motifs is 6. The van der Waals surface area contributed by atoms with Gasteiger partial charge in [-0.25, -0.2) is 9.99 Å². The van der Waals surface area contributed by atoms with E-state index in [0.29, 0.717) is 6.67 Å². The maximum absolute atomic E-state index is 4.83. The Morgan fingerprint density at radius 1 is 0.739 bits per heavy atom. The lowest BCUT2D eigenvalue weighted by molar-refractivity contribution is 0.888. The molecule has 0 bridgehead atoms. The van der Waals surface area contributed by atoms with Gasteiger partial charge in [-0.2, -0.15) is 5.10 Å². The van der Waals surface area contributed by atoms with Gasteiger partial charge in [-0.1, -0.05) is 48.5 Å². The molecule has 0 radical (unpaired) electrons. The topological polar surface area (TPSA) is 31.7 Å². The van der Waals surface area contributed by atoms with Crippen molar-refractivity contribution in [1.82, 2.24) is 4.98 Å². The van der Waals surface area contributed by atoms with E-state index in [1.165, 1.54) is 22.4 Å². The van der Waals surface area contributed by atoms with Crippen molar-refractivity contribution in [2.45, 2.75) is 0 Å². The van der Waals surface area contributed by atoms with E-state index in [4.69, 9.17) is 5.10 Å². The molecule has 5 rings (SSSR count). The van der Waals surface area contributed by atoms with Crippen molar-refractivity contribution in [2.75, 3.05) is 16.6 Å². The van der Waals surface area contributed by atoms with Gasteiger partial charge >= 0.3 is 0 Å². The number of hydrogen-bond donors (Lipinski definition) is 0. The van der Waals surface area contributed by atoms with Gasteiger partial charge in [0.1, 0.15) is 6.67 Å². The molecule has 2 aromatic carbocycles. The second-order valence-electron chi connectivity index (χ2n) is 5.64. The van der Waals surface area contributed by atoms with E-state index >= 15 is 0 Å². The molecule has 3 heterocycles. The van der Waals surface area contributed by atoms with Crippen LogP contribution in [-0.4, -0.2) is 17.5 Å². The van der Waals surface area contributed by atoms with Crippen LogP contribution in [0.3, 0.4) is 0 Å². The van der Waals surface area contributed by atoms with E-state index in [1.807, 2.05) is 23.2 Å². The Bertz CT molecular complexity index is 917. The minimum atomic E-state index is 0.678. The van der Waals surface area contributed by atoms with Gasteiger partial charge in [0.05, 0.1) is 5.69 Å². The third kappa shape index (κ3) is 1.78. The van der Waals surface area contributed by atoms with Gasteiger partial charge < -0.3 is 4.90 Å². The molecule has 0 atom stereocenters. The molecule has 3 aromatic rings. The molecule has 4 heteroatoms. The average Bonchev–Trinajstić information content (AvgIpc) is 3.09. The largest absolute Gasteiger partial charge is 0.304 e. The van der Waals surface area contributed by atoms with Gasteiger partial charge in [-0.3, -0.25) is 0 Å². The first kappa shape index (κ1) is 12.4. The normalized spacial score (nSPS) is 14.9. The molecule has 0 saturated carbocycles. The molecule has 23 heavy (non-hydrogen) atoms. The van der Waals surface area contributed by atoms with Crippen molar-refractivity contribution in [3.63, 3.8) is 0 Å². The van der Waals surface area contributed by atoms with Crippen LogP contribution in [0.1, 0.15) is 5.56 Å². The number of para-hydroxylation sites is 1. The smallest absolute Gasteiger partial charge is 0.163 e. The summed E-state index contributed by atoms with van der Waals surface area (Å²) >= 11 is 0. The van der Waals surface area contributed by atoms with Crippen LogP contribution in [0.15, 0.2) is 78.0 Å². The summed E-state index contributed by atoms with van der Waals surface area (Å²) in [4.78, 5) is 6.68.